The predicted octanol–water partition coefficient (Wildman–Crippen LogP) is 4.35. The van der Waals surface area contributed by atoms with Crippen molar-refractivity contribution in [2.45, 2.75) is 27.2 Å². The molecule has 0 saturated carbocycles. The molecule has 0 aromatic heterocycles. The monoisotopic (exact) mass is 250 g/mol. The van der Waals surface area contributed by atoms with Gasteiger partial charge in [0.2, 0.25) is 0 Å². The van der Waals surface area contributed by atoms with E-state index in [9.17, 15) is 4.79 Å². The molecule has 2 aromatic rings. The van der Waals surface area contributed by atoms with Crippen LogP contribution in [0.25, 0.3) is 11.1 Å². The molecule has 0 bridgehead atoms. The Morgan fingerprint density at radius 1 is 1.00 bits per heavy atom. The van der Waals surface area contributed by atoms with Gasteiger partial charge in [-0.15, -0.1) is 0 Å². The quantitative estimate of drug-likeness (QED) is 0.735. The van der Waals surface area contributed by atoms with Gasteiger partial charge in [-0.25, -0.2) is 0 Å². The van der Waals surface area contributed by atoms with E-state index in [0.717, 1.165) is 12.0 Å². The molecule has 0 saturated heterocycles. The Labute approximate surface area is 114 Å². The summed E-state index contributed by atoms with van der Waals surface area (Å²) >= 11 is 0. The van der Waals surface area contributed by atoms with Gasteiger partial charge < -0.3 is 0 Å². The van der Waals surface area contributed by atoms with Crippen molar-refractivity contribution in [3.05, 3.63) is 58.7 Å². The van der Waals surface area contributed by atoms with Crippen molar-refractivity contribution in [1.82, 2.24) is 0 Å². The first kappa shape index (κ1) is 12.2. The van der Waals surface area contributed by atoms with Crippen LogP contribution < -0.4 is 0 Å². The number of benzene rings is 2. The molecule has 19 heavy (non-hydrogen) atoms. The number of fused-ring (bicyclic) bond motifs is 1. The van der Waals surface area contributed by atoms with E-state index >= 15 is 0 Å². The molecule has 0 spiro atoms. The maximum atomic E-state index is 12.1. The minimum atomic E-state index is 0.127. The molecule has 0 amide bonds. The zero-order valence-corrected chi connectivity index (χ0v) is 11.7. The summed E-state index contributed by atoms with van der Waals surface area (Å²) in [6, 6.07) is 12.6. The van der Waals surface area contributed by atoms with E-state index in [4.69, 9.17) is 0 Å². The zero-order valence-electron chi connectivity index (χ0n) is 11.7. The van der Waals surface area contributed by atoms with Crippen molar-refractivity contribution in [1.29, 1.82) is 0 Å². The van der Waals surface area contributed by atoms with Crippen molar-refractivity contribution in [3.63, 3.8) is 0 Å². The van der Waals surface area contributed by atoms with E-state index in [1.54, 1.807) is 0 Å². The highest BCUT2D eigenvalue weighted by Gasteiger charge is 2.29. The summed E-state index contributed by atoms with van der Waals surface area (Å²) in [5, 5.41) is 0. The molecule has 1 unspecified atom stereocenters. The summed E-state index contributed by atoms with van der Waals surface area (Å²) in [6.45, 7) is 6.27. The summed E-state index contributed by atoms with van der Waals surface area (Å²) in [5.74, 6) is 0.420. The Morgan fingerprint density at radius 3 is 2.47 bits per heavy atom. The highest BCUT2D eigenvalue weighted by atomic mass is 16.1. The molecule has 0 N–H and O–H groups in total. The fraction of sp³-hybridized carbons (Fsp3) is 0.278. The normalized spacial score (nSPS) is 17.6. The summed E-state index contributed by atoms with van der Waals surface area (Å²) in [4.78, 5) is 12.1. The van der Waals surface area contributed by atoms with Crippen LogP contribution in [0, 0.1) is 19.8 Å². The lowest BCUT2D eigenvalue weighted by Gasteiger charge is -2.11. The number of carbonyl (C=O) groups excluding carboxylic acids is 1. The van der Waals surface area contributed by atoms with E-state index in [1.165, 1.54) is 27.8 Å². The van der Waals surface area contributed by atoms with Gasteiger partial charge in [0.25, 0.3) is 0 Å². The summed E-state index contributed by atoms with van der Waals surface area (Å²) in [6.07, 6.45) is 0.873. The summed E-state index contributed by atoms with van der Waals surface area (Å²) < 4.78 is 0. The first-order valence-electron chi connectivity index (χ1n) is 6.81. The van der Waals surface area contributed by atoms with Crippen molar-refractivity contribution in [2.24, 2.45) is 5.92 Å². The van der Waals surface area contributed by atoms with E-state index in [1.807, 2.05) is 19.1 Å². The van der Waals surface area contributed by atoms with E-state index in [-0.39, 0.29) is 5.92 Å². The number of aryl methyl sites for hydroxylation is 2. The predicted molar refractivity (Wildman–Crippen MR) is 78.6 cm³/mol. The minimum absolute atomic E-state index is 0.127. The standard InChI is InChI=1S/C18H18O/c1-11-7-8-14(12(2)9-11)15-5-4-6-16-17(15)10-13(3)18(16)19/h4-9,13H,10H2,1-3H3. The number of carbonyl (C=O) groups is 1. The SMILES string of the molecule is Cc1ccc(-c2cccc3c2CC(C)C3=O)c(C)c1. The highest BCUT2D eigenvalue weighted by Crippen LogP contribution is 2.36. The summed E-state index contributed by atoms with van der Waals surface area (Å²) in [5.41, 5.74) is 7.19. The van der Waals surface area contributed by atoms with Crippen LogP contribution in [-0.2, 0) is 6.42 Å². The molecule has 1 aliphatic carbocycles. The van der Waals surface area contributed by atoms with E-state index in [2.05, 4.69) is 38.1 Å². The molecule has 0 radical (unpaired) electrons. The van der Waals surface area contributed by atoms with Crippen LogP contribution in [0.4, 0.5) is 0 Å². The van der Waals surface area contributed by atoms with Crippen molar-refractivity contribution < 1.29 is 4.79 Å². The minimum Gasteiger partial charge on any atom is -0.294 e. The zero-order chi connectivity index (χ0) is 13.6. The lowest BCUT2D eigenvalue weighted by atomic mass is 9.93. The first-order valence-corrected chi connectivity index (χ1v) is 6.81. The molecule has 0 heterocycles. The Hall–Kier alpha value is -1.89. The summed E-state index contributed by atoms with van der Waals surface area (Å²) in [7, 11) is 0. The number of ketones is 1. The van der Waals surface area contributed by atoms with Gasteiger partial charge in [-0.2, -0.15) is 0 Å². The van der Waals surface area contributed by atoms with Crippen LogP contribution in [0.1, 0.15) is 34.0 Å². The lowest BCUT2D eigenvalue weighted by Crippen LogP contribution is -2.02. The topological polar surface area (TPSA) is 17.1 Å². The fourth-order valence-electron chi connectivity index (χ4n) is 3.07. The first-order chi connectivity index (χ1) is 9.08. The van der Waals surface area contributed by atoms with Gasteiger partial charge in [-0.05, 0) is 42.5 Å². The third-order valence-corrected chi connectivity index (χ3v) is 4.07. The Balaban J connectivity index is 2.20. The van der Waals surface area contributed by atoms with Crippen LogP contribution in [-0.4, -0.2) is 5.78 Å². The number of rotatable bonds is 1. The van der Waals surface area contributed by atoms with Gasteiger partial charge in [0.1, 0.15) is 0 Å². The lowest BCUT2D eigenvalue weighted by molar-refractivity contribution is 0.0946. The van der Waals surface area contributed by atoms with Gasteiger partial charge in [-0.3, -0.25) is 4.79 Å². The molecule has 1 aliphatic rings. The molecule has 0 aliphatic heterocycles. The molecule has 3 rings (SSSR count). The van der Waals surface area contributed by atoms with Crippen LogP contribution in [0.5, 0.6) is 0 Å². The van der Waals surface area contributed by atoms with Gasteiger partial charge >= 0.3 is 0 Å². The number of Topliss-reactive ketones (excluding diaryl/α,β-unsaturated/α-hetero) is 1. The number of hydrogen-bond donors (Lipinski definition) is 0. The maximum Gasteiger partial charge on any atom is 0.166 e. The second-order valence-corrected chi connectivity index (χ2v) is 5.62. The van der Waals surface area contributed by atoms with Gasteiger partial charge in [-0.1, -0.05) is 48.9 Å². The van der Waals surface area contributed by atoms with E-state index in [0.29, 0.717) is 5.78 Å². The maximum absolute atomic E-state index is 12.1. The second kappa shape index (κ2) is 4.34. The molecule has 1 heteroatoms. The Morgan fingerprint density at radius 2 is 1.74 bits per heavy atom. The van der Waals surface area contributed by atoms with Crippen molar-refractivity contribution in [3.8, 4) is 11.1 Å². The van der Waals surface area contributed by atoms with E-state index < -0.39 is 0 Å². The molecule has 0 fully saturated rings. The molecule has 1 atom stereocenters. The van der Waals surface area contributed by atoms with Crippen LogP contribution in [0.15, 0.2) is 36.4 Å². The van der Waals surface area contributed by atoms with Gasteiger partial charge in [0.05, 0.1) is 0 Å². The molecule has 96 valence electrons. The Bertz CT molecular complexity index is 667. The fourth-order valence-corrected chi connectivity index (χ4v) is 3.07. The largest absolute Gasteiger partial charge is 0.294 e. The van der Waals surface area contributed by atoms with Crippen molar-refractivity contribution >= 4 is 5.78 Å². The van der Waals surface area contributed by atoms with Crippen LogP contribution in [0.3, 0.4) is 0 Å². The number of hydrogen-bond acceptors (Lipinski definition) is 1. The van der Waals surface area contributed by atoms with Gasteiger partial charge in [0, 0.05) is 11.5 Å². The van der Waals surface area contributed by atoms with Crippen molar-refractivity contribution in [2.75, 3.05) is 0 Å². The van der Waals surface area contributed by atoms with Crippen LogP contribution >= 0.6 is 0 Å². The Kier molecular flexibility index (Phi) is 2.78. The van der Waals surface area contributed by atoms with Crippen LogP contribution in [0.2, 0.25) is 0 Å². The average molecular weight is 250 g/mol. The third-order valence-electron chi connectivity index (χ3n) is 4.07. The highest BCUT2D eigenvalue weighted by molar-refractivity contribution is 6.04. The molecular formula is C18H18O. The van der Waals surface area contributed by atoms with Gasteiger partial charge in [0.15, 0.2) is 5.78 Å². The average Bonchev–Trinajstić information content (AvgIpc) is 2.66. The molecular weight excluding hydrogens is 232 g/mol. The third kappa shape index (κ3) is 1.90. The second-order valence-electron chi connectivity index (χ2n) is 5.62. The molecule has 1 nitrogen and oxygen atoms in total. The molecule has 2 aromatic carbocycles. The smallest absolute Gasteiger partial charge is 0.166 e.